The highest BCUT2D eigenvalue weighted by molar-refractivity contribution is 5.76. The van der Waals surface area contributed by atoms with E-state index in [9.17, 15) is 4.79 Å². The number of carbonyl (C=O) groups excluding carboxylic acids is 1. The van der Waals surface area contributed by atoms with Crippen LogP contribution in [0.1, 0.15) is 24.4 Å². The molecule has 0 bridgehead atoms. The molecule has 0 spiro atoms. The van der Waals surface area contributed by atoms with Crippen LogP contribution in [0.4, 0.5) is 5.82 Å². The second-order valence-corrected chi connectivity index (χ2v) is 5.23. The summed E-state index contributed by atoms with van der Waals surface area (Å²) in [6, 6.07) is 11.9. The second kappa shape index (κ2) is 5.36. The van der Waals surface area contributed by atoms with Gasteiger partial charge in [-0.15, -0.1) is 0 Å². The van der Waals surface area contributed by atoms with E-state index in [1.54, 1.807) is 16.9 Å². The molecule has 1 amide bonds. The summed E-state index contributed by atoms with van der Waals surface area (Å²) in [4.78, 5) is 12.1. The molecule has 3 N–H and O–H groups in total. The molecule has 1 atom stereocenters. The number of nitrogens with zero attached hydrogens (tertiary/aromatic N) is 2. The Kier molecular flexibility index (Phi) is 3.41. The number of amides is 1. The fourth-order valence-electron chi connectivity index (χ4n) is 2.39. The molecule has 1 fully saturated rings. The lowest BCUT2D eigenvalue weighted by molar-refractivity contribution is -0.122. The van der Waals surface area contributed by atoms with Crippen molar-refractivity contribution in [2.45, 2.75) is 25.4 Å². The van der Waals surface area contributed by atoms with E-state index in [1.165, 1.54) is 18.4 Å². The van der Waals surface area contributed by atoms with E-state index in [1.807, 2.05) is 18.2 Å². The van der Waals surface area contributed by atoms with Gasteiger partial charge in [0.1, 0.15) is 12.4 Å². The summed E-state index contributed by atoms with van der Waals surface area (Å²) < 4.78 is 1.56. The highest BCUT2D eigenvalue weighted by Gasteiger charge is 2.33. The number of carbonyl (C=O) groups is 1. The van der Waals surface area contributed by atoms with Gasteiger partial charge in [0.15, 0.2) is 0 Å². The van der Waals surface area contributed by atoms with Crippen LogP contribution in [0.2, 0.25) is 0 Å². The van der Waals surface area contributed by atoms with Crippen molar-refractivity contribution >= 4 is 11.7 Å². The van der Waals surface area contributed by atoms with Crippen LogP contribution in [0.3, 0.4) is 0 Å². The summed E-state index contributed by atoms with van der Waals surface area (Å²) in [7, 11) is 0. The molecule has 1 saturated carbocycles. The van der Waals surface area contributed by atoms with Crippen molar-refractivity contribution in [1.82, 2.24) is 15.1 Å². The molecule has 2 aromatic rings. The summed E-state index contributed by atoms with van der Waals surface area (Å²) >= 11 is 0. The van der Waals surface area contributed by atoms with Gasteiger partial charge in [0, 0.05) is 6.20 Å². The molecular weight excluding hydrogens is 252 g/mol. The highest BCUT2D eigenvalue weighted by atomic mass is 16.2. The molecule has 104 valence electrons. The van der Waals surface area contributed by atoms with Crippen LogP contribution in [-0.4, -0.2) is 15.7 Å². The fraction of sp³-hybridized carbons (Fsp3) is 0.333. The number of aromatic nitrogens is 2. The van der Waals surface area contributed by atoms with Gasteiger partial charge in [0.2, 0.25) is 5.91 Å². The van der Waals surface area contributed by atoms with Gasteiger partial charge in [-0.2, -0.15) is 5.10 Å². The summed E-state index contributed by atoms with van der Waals surface area (Å²) in [5.41, 5.74) is 6.71. The first-order chi connectivity index (χ1) is 9.72. The van der Waals surface area contributed by atoms with E-state index in [0.717, 1.165) is 0 Å². The van der Waals surface area contributed by atoms with Crippen molar-refractivity contribution in [1.29, 1.82) is 0 Å². The first-order valence-corrected chi connectivity index (χ1v) is 6.85. The molecule has 1 aliphatic rings. The number of nitrogens with one attached hydrogen (secondary N) is 1. The number of rotatable bonds is 5. The van der Waals surface area contributed by atoms with Gasteiger partial charge in [-0.05, 0) is 30.4 Å². The number of anilines is 1. The lowest BCUT2D eigenvalue weighted by Crippen LogP contribution is -2.32. The van der Waals surface area contributed by atoms with E-state index in [4.69, 9.17) is 5.73 Å². The molecule has 0 radical (unpaired) electrons. The minimum Gasteiger partial charge on any atom is -0.382 e. The van der Waals surface area contributed by atoms with Crippen molar-refractivity contribution in [3.05, 3.63) is 48.2 Å². The summed E-state index contributed by atoms with van der Waals surface area (Å²) in [5.74, 6) is 0.956. The molecule has 0 aliphatic heterocycles. The monoisotopic (exact) mass is 270 g/mol. The van der Waals surface area contributed by atoms with E-state index >= 15 is 0 Å². The van der Waals surface area contributed by atoms with Crippen molar-refractivity contribution in [3.63, 3.8) is 0 Å². The third-order valence-corrected chi connectivity index (χ3v) is 3.54. The van der Waals surface area contributed by atoms with Gasteiger partial charge < -0.3 is 11.1 Å². The topological polar surface area (TPSA) is 72.9 Å². The lowest BCUT2D eigenvalue weighted by atomic mass is 10.0. The minimum atomic E-state index is -0.0335. The molecule has 3 rings (SSSR count). The predicted molar refractivity (Wildman–Crippen MR) is 76.7 cm³/mol. The van der Waals surface area contributed by atoms with Crippen molar-refractivity contribution < 1.29 is 4.79 Å². The molecule has 1 aromatic heterocycles. The molecule has 5 heteroatoms. The van der Waals surface area contributed by atoms with Crippen LogP contribution < -0.4 is 11.1 Å². The van der Waals surface area contributed by atoms with Crippen LogP contribution >= 0.6 is 0 Å². The number of nitrogens with two attached hydrogens (primary N) is 1. The Balaban J connectivity index is 1.66. The third-order valence-electron chi connectivity index (χ3n) is 3.54. The predicted octanol–water partition coefficient (Wildman–Crippen LogP) is 1.73. The fourth-order valence-corrected chi connectivity index (χ4v) is 2.39. The molecule has 20 heavy (non-hydrogen) atoms. The molecule has 5 nitrogen and oxygen atoms in total. The van der Waals surface area contributed by atoms with Crippen LogP contribution in [0.5, 0.6) is 0 Å². The average Bonchev–Trinajstić information content (AvgIpc) is 3.21. The largest absolute Gasteiger partial charge is 0.382 e. The summed E-state index contributed by atoms with van der Waals surface area (Å²) in [6.07, 6.45) is 4.06. The maximum absolute atomic E-state index is 12.1. The first-order valence-electron chi connectivity index (χ1n) is 6.85. The van der Waals surface area contributed by atoms with Crippen LogP contribution in [0.25, 0.3) is 0 Å². The van der Waals surface area contributed by atoms with Gasteiger partial charge in [0.05, 0.1) is 6.04 Å². The Labute approximate surface area is 117 Å². The van der Waals surface area contributed by atoms with Gasteiger partial charge in [-0.3, -0.25) is 9.48 Å². The van der Waals surface area contributed by atoms with Crippen molar-refractivity contribution in [2.24, 2.45) is 5.92 Å². The Morgan fingerprint density at radius 3 is 2.70 bits per heavy atom. The Morgan fingerprint density at radius 1 is 1.35 bits per heavy atom. The maximum atomic E-state index is 12.1. The molecule has 1 unspecified atom stereocenters. The zero-order chi connectivity index (χ0) is 13.9. The van der Waals surface area contributed by atoms with Gasteiger partial charge >= 0.3 is 0 Å². The zero-order valence-corrected chi connectivity index (χ0v) is 11.2. The molecule has 1 heterocycles. The van der Waals surface area contributed by atoms with Gasteiger partial charge in [-0.25, -0.2) is 0 Å². The number of hydrogen-bond acceptors (Lipinski definition) is 3. The van der Waals surface area contributed by atoms with E-state index in [0.29, 0.717) is 11.7 Å². The number of hydrogen-bond donors (Lipinski definition) is 2. The molecular formula is C15H18N4O. The highest BCUT2D eigenvalue weighted by Crippen LogP contribution is 2.40. The zero-order valence-electron chi connectivity index (χ0n) is 11.2. The third kappa shape index (κ3) is 2.99. The molecule has 0 saturated heterocycles. The molecule has 1 aliphatic carbocycles. The van der Waals surface area contributed by atoms with Gasteiger partial charge in [-0.1, -0.05) is 30.3 Å². The van der Waals surface area contributed by atoms with Crippen LogP contribution in [0, 0.1) is 5.92 Å². The Hall–Kier alpha value is -2.30. The normalized spacial score (nSPS) is 15.8. The summed E-state index contributed by atoms with van der Waals surface area (Å²) in [5, 5.41) is 7.14. The average molecular weight is 270 g/mol. The van der Waals surface area contributed by atoms with Crippen molar-refractivity contribution in [3.8, 4) is 0 Å². The summed E-state index contributed by atoms with van der Waals surface area (Å²) in [6.45, 7) is 0.202. The quantitative estimate of drug-likeness (QED) is 0.869. The van der Waals surface area contributed by atoms with Gasteiger partial charge in [0.25, 0.3) is 0 Å². The van der Waals surface area contributed by atoms with E-state index < -0.39 is 0 Å². The Bertz CT molecular complexity index is 589. The molecule has 1 aromatic carbocycles. The first kappa shape index (κ1) is 12.7. The van der Waals surface area contributed by atoms with Crippen LogP contribution in [-0.2, 0) is 11.3 Å². The SMILES string of the molecule is Nc1ccn(CC(=O)NC(c2ccccc2)C2CC2)n1. The smallest absolute Gasteiger partial charge is 0.242 e. The number of nitrogen functional groups attached to an aromatic ring is 1. The lowest BCUT2D eigenvalue weighted by Gasteiger charge is -2.18. The van der Waals surface area contributed by atoms with E-state index in [2.05, 4.69) is 22.5 Å². The number of benzene rings is 1. The maximum Gasteiger partial charge on any atom is 0.242 e. The Morgan fingerprint density at radius 2 is 2.10 bits per heavy atom. The van der Waals surface area contributed by atoms with Crippen LogP contribution in [0.15, 0.2) is 42.6 Å². The standard InChI is InChI=1S/C15H18N4O/c16-13-8-9-19(18-13)10-14(20)17-15(12-6-7-12)11-4-2-1-3-5-11/h1-5,8-9,12,15H,6-7,10H2,(H2,16,18)(H,17,20). The second-order valence-electron chi connectivity index (χ2n) is 5.23. The van der Waals surface area contributed by atoms with Crippen molar-refractivity contribution in [2.75, 3.05) is 5.73 Å². The van der Waals surface area contributed by atoms with E-state index in [-0.39, 0.29) is 18.5 Å². The minimum absolute atomic E-state index is 0.0335.